The molecular formula is C16H18ClN3O. The van der Waals surface area contributed by atoms with Gasteiger partial charge in [0, 0.05) is 23.5 Å². The molecule has 0 bridgehead atoms. The number of aromatic nitrogens is 1. The highest BCUT2D eigenvalue weighted by Gasteiger charge is 2.13. The van der Waals surface area contributed by atoms with Crippen LogP contribution in [0.15, 0.2) is 36.5 Å². The van der Waals surface area contributed by atoms with Crippen molar-refractivity contribution in [3.63, 3.8) is 0 Å². The van der Waals surface area contributed by atoms with E-state index >= 15 is 0 Å². The molecule has 4 nitrogen and oxygen atoms in total. The molecule has 0 aliphatic heterocycles. The van der Waals surface area contributed by atoms with E-state index in [1.165, 1.54) is 0 Å². The summed E-state index contributed by atoms with van der Waals surface area (Å²) >= 11 is 5.97. The van der Waals surface area contributed by atoms with E-state index in [9.17, 15) is 4.79 Å². The molecule has 0 spiro atoms. The van der Waals surface area contributed by atoms with Crippen molar-refractivity contribution in [2.75, 3.05) is 17.2 Å². The van der Waals surface area contributed by atoms with Crippen LogP contribution in [0.1, 0.15) is 29.3 Å². The number of carbonyl (C=O) groups excluding carboxylic acids is 1. The normalized spacial score (nSPS) is 10.2. The third-order valence-electron chi connectivity index (χ3n) is 3.04. The fourth-order valence-corrected chi connectivity index (χ4v) is 2.06. The molecule has 110 valence electrons. The smallest absolute Gasteiger partial charge is 0.259 e. The van der Waals surface area contributed by atoms with Gasteiger partial charge in [-0.2, -0.15) is 0 Å². The van der Waals surface area contributed by atoms with Crippen LogP contribution in [0.4, 0.5) is 11.5 Å². The van der Waals surface area contributed by atoms with Crippen LogP contribution < -0.4 is 10.6 Å². The van der Waals surface area contributed by atoms with Gasteiger partial charge in [-0.15, -0.1) is 0 Å². The van der Waals surface area contributed by atoms with E-state index in [2.05, 4.69) is 22.5 Å². The molecule has 2 N–H and O–H groups in total. The van der Waals surface area contributed by atoms with Gasteiger partial charge in [0.1, 0.15) is 5.82 Å². The Balaban J connectivity index is 2.22. The third kappa shape index (κ3) is 3.95. The van der Waals surface area contributed by atoms with Gasteiger partial charge in [0.15, 0.2) is 0 Å². The molecule has 0 saturated heterocycles. The molecule has 2 rings (SSSR count). The molecule has 0 radical (unpaired) electrons. The minimum absolute atomic E-state index is 0.202. The number of hydrogen-bond donors (Lipinski definition) is 2. The second-order valence-electron chi connectivity index (χ2n) is 4.74. The lowest BCUT2D eigenvalue weighted by molar-refractivity contribution is 0.102. The molecule has 0 fully saturated rings. The number of amides is 1. The number of hydrogen-bond acceptors (Lipinski definition) is 3. The lowest BCUT2D eigenvalue weighted by Crippen LogP contribution is -2.16. The Morgan fingerprint density at radius 2 is 2.14 bits per heavy atom. The van der Waals surface area contributed by atoms with Gasteiger partial charge in [-0.05, 0) is 43.2 Å². The summed E-state index contributed by atoms with van der Waals surface area (Å²) in [5, 5.41) is 6.63. The maximum absolute atomic E-state index is 12.4. The molecular weight excluding hydrogens is 286 g/mol. The number of rotatable bonds is 5. The molecule has 21 heavy (non-hydrogen) atoms. The zero-order valence-corrected chi connectivity index (χ0v) is 12.9. The van der Waals surface area contributed by atoms with Crippen LogP contribution in [0.2, 0.25) is 5.02 Å². The summed E-state index contributed by atoms with van der Waals surface area (Å²) in [5.74, 6) is 0.392. The van der Waals surface area contributed by atoms with Crippen LogP contribution in [0.5, 0.6) is 0 Å². The van der Waals surface area contributed by atoms with E-state index in [4.69, 9.17) is 11.6 Å². The highest BCUT2D eigenvalue weighted by Crippen LogP contribution is 2.22. The van der Waals surface area contributed by atoms with Gasteiger partial charge < -0.3 is 10.6 Å². The summed E-state index contributed by atoms with van der Waals surface area (Å²) in [4.78, 5) is 16.6. The Morgan fingerprint density at radius 1 is 1.33 bits per heavy atom. The van der Waals surface area contributed by atoms with Crippen molar-refractivity contribution in [3.05, 3.63) is 52.7 Å². The number of halogens is 1. The number of aryl methyl sites for hydroxylation is 1. The van der Waals surface area contributed by atoms with E-state index in [0.29, 0.717) is 22.1 Å². The largest absolute Gasteiger partial charge is 0.369 e. The van der Waals surface area contributed by atoms with E-state index in [0.717, 1.165) is 18.5 Å². The molecule has 0 unspecified atom stereocenters. The quantitative estimate of drug-likeness (QED) is 0.873. The molecule has 1 heterocycles. The van der Waals surface area contributed by atoms with Crippen molar-refractivity contribution in [1.29, 1.82) is 0 Å². The molecule has 0 aliphatic rings. The Hall–Kier alpha value is -2.07. The molecule has 1 amide bonds. The van der Waals surface area contributed by atoms with Crippen molar-refractivity contribution >= 4 is 29.0 Å². The standard InChI is InChI=1S/C16H18ClN3O/c1-3-8-18-15-13(5-4-9-19-15)16(21)20-14-10-12(17)7-6-11(14)2/h4-7,9-10H,3,8H2,1-2H3,(H,18,19)(H,20,21). The van der Waals surface area contributed by atoms with Crippen LogP contribution in [0.25, 0.3) is 0 Å². The molecule has 1 aromatic carbocycles. The number of benzene rings is 1. The van der Waals surface area contributed by atoms with Crippen LogP contribution in [0, 0.1) is 6.92 Å². The van der Waals surface area contributed by atoms with Gasteiger partial charge >= 0.3 is 0 Å². The number of carbonyl (C=O) groups is 1. The first kappa shape index (κ1) is 15.3. The Labute approximate surface area is 129 Å². The topological polar surface area (TPSA) is 54.0 Å². The van der Waals surface area contributed by atoms with E-state index in [-0.39, 0.29) is 5.91 Å². The minimum Gasteiger partial charge on any atom is -0.369 e. The summed E-state index contributed by atoms with van der Waals surface area (Å²) in [5.41, 5.74) is 2.18. The maximum atomic E-state index is 12.4. The molecule has 5 heteroatoms. The lowest BCUT2D eigenvalue weighted by Gasteiger charge is -2.12. The van der Waals surface area contributed by atoms with Crippen molar-refractivity contribution in [2.45, 2.75) is 20.3 Å². The van der Waals surface area contributed by atoms with Crippen LogP contribution >= 0.6 is 11.6 Å². The monoisotopic (exact) mass is 303 g/mol. The molecule has 0 saturated carbocycles. The first-order valence-corrected chi connectivity index (χ1v) is 7.26. The van der Waals surface area contributed by atoms with Gasteiger partial charge in [-0.25, -0.2) is 4.98 Å². The maximum Gasteiger partial charge on any atom is 0.259 e. The Kier molecular flexibility index (Phi) is 5.17. The van der Waals surface area contributed by atoms with Gasteiger partial charge in [-0.1, -0.05) is 24.6 Å². The molecule has 1 aromatic heterocycles. The van der Waals surface area contributed by atoms with E-state index < -0.39 is 0 Å². The summed E-state index contributed by atoms with van der Waals surface area (Å²) in [6, 6.07) is 8.91. The van der Waals surface area contributed by atoms with E-state index in [1.807, 2.05) is 13.0 Å². The molecule has 2 aromatic rings. The fourth-order valence-electron chi connectivity index (χ4n) is 1.89. The summed E-state index contributed by atoms with van der Waals surface area (Å²) in [6.45, 7) is 4.75. The summed E-state index contributed by atoms with van der Waals surface area (Å²) in [6.07, 6.45) is 2.63. The Morgan fingerprint density at radius 3 is 2.90 bits per heavy atom. The predicted octanol–water partition coefficient (Wildman–Crippen LogP) is 4.12. The first-order valence-electron chi connectivity index (χ1n) is 6.88. The van der Waals surface area contributed by atoms with Crippen LogP contribution in [-0.4, -0.2) is 17.4 Å². The lowest BCUT2D eigenvalue weighted by atomic mass is 10.1. The van der Waals surface area contributed by atoms with Crippen molar-refractivity contribution < 1.29 is 4.79 Å². The number of nitrogens with zero attached hydrogens (tertiary/aromatic N) is 1. The SMILES string of the molecule is CCCNc1ncccc1C(=O)Nc1cc(Cl)ccc1C. The number of anilines is 2. The summed E-state index contributed by atoms with van der Waals surface area (Å²) in [7, 11) is 0. The van der Waals surface area contributed by atoms with E-state index in [1.54, 1.807) is 30.5 Å². The van der Waals surface area contributed by atoms with Gasteiger partial charge in [0.2, 0.25) is 0 Å². The second kappa shape index (κ2) is 7.09. The summed E-state index contributed by atoms with van der Waals surface area (Å²) < 4.78 is 0. The highest BCUT2D eigenvalue weighted by atomic mass is 35.5. The number of pyridine rings is 1. The average molecular weight is 304 g/mol. The van der Waals surface area contributed by atoms with Crippen molar-refractivity contribution in [2.24, 2.45) is 0 Å². The Bertz CT molecular complexity index is 643. The van der Waals surface area contributed by atoms with Crippen LogP contribution in [0.3, 0.4) is 0 Å². The third-order valence-corrected chi connectivity index (χ3v) is 3.28. The zero-order chi connectivity index (χ0) is 15.2. The first-order chi connectivity index (χ1) is 10.1. The molecule has 0 aliphatic carbocycles. The fraction of sp³-hybridized carbons (Fsp3) is 0.250. The van der Waals surface area contributed by atoms with Gasteiger partial charge in [0.05, 0.1) is 5.56 Å². The molecule has 0 atom stereocenters. The average Bonchev–Trinajstić information content (AvgIpc) is 2.49. The van der Waals surface area contributed by atoms with Crippen molar-refractivity contribution in [3.8, 4) is 0 Å². The zero-order valence-electron chi connectivity index (χ0n) is 12.1. The predicted molar refractivity (Wildman–Crippen MR) is 87.2 cm³/mol. The van der Waals surface area contributed by atoms with Crippen LogP contribution in [-0.2, 0) is 0 Å². The minimum atomic E-state index is -0.202. The second-order valence-corrected chi connectivity index (χ2v) is 5.18. The van der Waals surface area contributed by atoms with Gasteiger partial charge in [-0.3, -0.25) is 4.79 Å². The van der Waals surface area contributed by atoms with Crippen molar-refractivity contribution in [1.82, 2.24) is 4.98 Å². The highest BCUT2D eigenvalue weighted by molar-refractivity contribution is 6.31. The number of nitrogens with one attached hydrogen (secondary N) is 2. The van der Waals surface area contributed by atoms with Gasteiger partial charge in [0.25, 0.3) is 5.91 Å².